The van der Waals surface area contributed by atoms with Crippen LogP contribution in [0, 0.1) is 11.8 Å². The lowest BCUT2D eigenvalue weighted by molar-refractivity contribution is 0.0955. The number of para-hydroxylation sites is 1. The van der Waals surface area contributed by atoms with E-state index in [1.165, 1.54) is 0 Å². The van der Waals surface area contributed by atoms with E-state index in [-0.39, 0.29) is 5.91 Å². The van der Waals surface area contributed by atoms with Crippen molar-refractivity contribution in [1.82, 2.24) is 10.4 Å². The van der Waals surface area contributed by atoms with Crippen molar-refractivity contribution < 1.29 is 4.79 Å². The van der Waals surface area contributed by atoms with Crippen molar-refractivity contribution in [1.29, 1.82) is 0 Å². The summed E-state index contributed by atoms with van der Waals surface area (Å²) in [7, 11) is 0. The molecule has 4 heteroatoms. The van der Waals surface area contributed by atoms with Crippen LogP contribution < -0.4 is 5.43 Å². The van der Waals surface area contributed by atoms with E-state index in [9.17, 15) is 4.79 Å². The summed E-state index contributed by atoms with van der Waals surface area (Å²) in [6.45, 7) is 0. The molecule has 1 aromatic carbocycles. The van der Waals surface area contributed by atoms with Crippen molar-refractivity contribution in [3.8, 4) is 0 Å². The summed E-state index contributed by atoms with van der Waals surface area (Å²) in [5, 5.41) is 5.23. The molecule has 0 unspecified atom stereocenters. The predicted octanol–water partition coefficient (Wildman–Crippen LogP) is 2.85. The van der Waals surface area contributed by atoms with Crippen LogP contribution in [0.25, 0.3) is 10.9 Å². The third-order valence-electron chi connectivity index (χ3n) is 4.30. The molecule has 1 amide bonds. The summed E-state index contributed by atoms with van der Waals surface area (Å²) in [6.07, 6.45) is 8.24. The van der Waals surface area contributed by atoms with E-state index in [1.54, 1.807) is 6.20 Å². The summed E-state index contributed by atoms with van der Waals surface area (Å²) in [4.78, 5) is 15.3. The first-order valence-electron chi connectivity index (χ1n) is 6.92. The van der Waals surface area contributed by atoms with Crippen LogP contribution >= 0.6 is 0 Å². The van der Waals surface area contributed by atoms with E-state index >= 15 is 0 Å². The summed E-state index contributed by atoms with van der Waals surface area (Å²) in [6, 6.07) is 7.77. The molecule has 1 saturated carbocycles. The van der Waals surface area contributed by atoms with Crippen LogP contribution in [0.2, 0.25) is 0 Å². The average Bonchev–Trinajstić information content (AvgIpc) is 3.03. The van der Waals surface area contributed by atoms with Gasteiger partial charge in [-0.05, 0) is 24.8 Å². The van der Waals surface area contributed by atoms with E-state index < -0.39 is 0 Å². The fraction of sp³-hybridized carbons (Fsp3) is 0.250. The van der Waals surface area contributed by atoms with Crippen molar-refractivity contribution in [3.63, 3.8) is 0 Å². The first-order chi connectivity index (χ1) is 9.83. The molecular formula is C16H15N3O. The van der Waals surface area contributed by atoms with Crippen LogP contribution in [0.1, 0.15) is 23.2 Å². The number of hydrogen-bond acceptors (Lipinski definition) is 2. The highest BCUT2D eigenvalue weighted by Crippen LogP contribution is 2.40. The van der Waals surface area contributed by atoms with E-state index in [0.717, 1.165) is 29.5 Å². The zero-order chi connectivity index (χ0) is 13.5. The van der Waals surface area contributed by atoms with Crippen molar-refractivity contribution >= 4 is 22.5 Å². The fourth-order valence-electron chi connectivity index (χ4n) is 3.11. The summed E-state index contributed by atoms with van der Waals surface area (Å²) in [5.41, 5.74) is 5.42. The van der Waals surface area contributed by atoms with Gasteiger partial charge in [0.15, 0.2) is 0 Å². The molecule has 2 N–H and O–H groups in total. The molecule has 1 heterocycles. The number of rotatable bonds is 2. The minimum Gasteiger partial charge on any atom is -0.360 e. The molecule has 100 valence electrons. The molecule has 0 spiro atoms. The van der Waals surface area contributed by atoms with Gasteiger partial charge in [0.05, 0.1) is 5.56 Å². The van der Waals surface area contributed by atoms with Gasteiger partial charge in [0.1, 0.15) is 0 Å². The Morgan fingerprint density at radius 2 is 2.25 bits per heavy atom. The third kappa shape index (κ3) is 1.68. The van der Waals surface area contributed by atoms with Gasteiger partial charge in [-0.3, -0.25) is 4.79 Å². The normalized spacial score (nSPS) is 25.7. The Labute approximate surface area is 116 Å². The maximum absolute atomic E-state index is 12.2. The Morgan fingerprint density at radius 3 is 3.15 bits per heavy atom. The SMILES string of the molecule is O=C(N/N=C1\C[C@H]2C=CC[C@H]12)c1c[nH]c2ccccc12. The van der Waals surface area contributed by atoms with Gasteiger partial charge >= 0.3 is 0 Å². The first kappa shape index (κ1) is 11.5. The Kier molecular flexibility index (Phi) is 2.49. The van der Waals surface area contributed by atoms with Crippen LogP contribution in [0.5, 0.6) is 0 Å². The average molecular weight is 265 g/mol. The van der Waals surface area contributed by atoms with Gasteiger partial charge in [-0.15, -0.1) is 0 Å². The smallest absolute Gasteiger partial charge is 0.273 e. The lowest BCUT2D eigenvalue weighted by Crippen LogP contribution is -2.35. The zero-order valence-corrected chi connectivity index (χ0v) is 11.0. The molecule has 0 radical (unpaired) electrons. The highest BCUT2D eigenvalue weighted by molar-refractivity contribution is 6.07. The van der Waals surface area contributed by atoms with Crippen molar-refractivity contribution in [2.45, 2.75) is 12.8 Å². The van der Waals surface area contributed by atoms with Crippen LogP contribution in [0.15, 0.2) is 47.7 Å². The topological polar surface area (TPSA) is 57.2 Å². The summed E-state index contributed by atoms with van der Waals surface area (Å²) in [5.74, 6) is 1.03. The number of aromatic amines is 1. The standard InChI is InChI=1S/C16H15N3O/c20-16(13-9-17-14-7-2-1-5-12(13)14)19-18-15-8-10-4-3-6-11(10)15/h1-5,7,9-11,17H,6,8H2,(H,19,20)/b18-15+/t10-,11+/m1/s1. The van der Waals surface area contributed by atoms with Crippen molar-refractivity contribution in [2.75, 3.05) is 0 Å². The minimum atomic E-state index is -0.149. The fourth-order valence-corrected chi connectivity index (χ4v) is 3.11. The summed E-state index contributed by atoms with van der Waals surface area (Å²) < 4.78 is 0. The van der Waals surface area contributed by atoms with E-state index in [0.29, 0.717) is 17.4 Å². The minimum absolute atomic E-state index is 0.149. The molecule has 20 heavy (non-hydrogen) atoms. The number of fused-ring (bicyclic) bond motifs is 2. The second kappa shape index (κ2) is 4.34. The number of carbonyl (C=O) groups excluding carboxylic acids is 1. The molecule has 1 fully saturated rings. The van der Waals surface area contributed by atoms with Crippen LogP contribution in [-0.4, -0.2) is 16.6 Å². The second-order valence-electron chi connectivity index (χ2n) is 5.43. The maximum atomic E-state index is 12.2. The Morgan fingerprint density at radius 1 is 1.35 bits per heavy atom. The zero-order valence-electron chi connectivity index (χ0n) is 11.0. The number of amides is 1. The predicted molar refractivity (Wildman–Crippen MR) is 78.6 cm³/mol. The van der Waals surface area contributed by atoms with Gasteiger partial charge in [0.2, 0.25) is 0 Å². The van der Waals surface area contributed by atoms with Gasteiger partial charge < -0.3 is 4.98 Å². The number of nitrogens with one attached hydrogen (secondary N) is 2. The van der Waals surface area contributed by atoms with Crippen LogP contribution in [0.4, 0.5) is 0 Å². The second-order valence-corrected chi connectivity index (χ2v) is 5.43. The number of H-pyrrole nitrogens is 1. The number of hydrazone groups is 1. The molecule has 4 rings (SSSR count). The molecule has 2 aromatic rings. The number of aromatic nitrogens is 1. The summed E-state index contributed by atoms with van der Waals surface area (Å²) >= 11 is 0. The maximum Gasteiger partial charge on any atom is 0.273 e. The molecule has 0 aliphatic heterocycles. The lowest BCUT2D eigenvalue weighted by atomic mass is 9.74. The highest BCUT2D eigenvalue weighted by atomic mass is 16.2. The van der Waals surface area contributed by atoms with E-state index in [4.69, 9.17) is 0 Å². The number of benzene rings is 1. The molecular weight excluding hydrogens is 250 g/mol. The van der Waals surface area contributed by atoms with Crippen LogP contribution in [-0.2, 0) is 0 Å². The largest absolute Gasteiger partial charge is 0.360 e. The van der Waals surface area contributed by atoms with E-state index in [2.05, 4.69) is 27.7 Å². The molecule has 0 saturated heterocycles. The molecule has 2 aliphatic carbocycles. The van der Waals surface area contributed by atoms with Crippen molar-refractivity contribution in [3.05, 3.63) is 48.2 Å². The van der Waals surface area contributed by atoms with Crippen LogP contribution in [0.3, 0.4) is 0 Å². The molecule has 1 aromatic heterocycles. The lowest BCUT2D eigenvalue weighted by Gasteiger charge is -2.31. The third-order valence-corrected chi connectivity index (χ3v) is 4.30. The number of hydrogen-bond donors (Lipinski definition) is 2. The van der Waals surface area contributed by atoms with Gasteiger partial charge in [-0.1, -0.05) is 30.4 Å². The Balaban J connectivity index is 1.52. The van der Waals surface area contributed by atoms with Gasteiger partial charge in [0, 0.05) is 28.7 Å². The monoisotopic (exact) mass is 265 g/mol. The number of allylic oxidation sites excluding steroid dienone is 2. The highest BCUT2D eigenvalue weighted by Gasteiger charge is 2.38. The number of carbonyl (C=O) groups is 1. The molecule has 0 bridgehead atoms. The molecule has 2 atom stereocenters. The molecule has 2 aliphatic rings. The number of nitrogens with zero attached hydrogens (tertiary/aromatic N) is 1. The van der Waals surface area contributed by atoms with Crippen molar-refractivity contribution in [2.24, 2.45) is 16.9 Å². The first-order valence-corrected chi connectivity index (χ1v) is 6.92. The Bertz CT molecular complexity index is 741. The molecule has 4 nitrogen and oxygen atoms in total. The van der Waals surface area contributed by atoms with E-state index in [1.807, 2.05) is 24.3 Å². The Hall–Kier alpha value is -2.36. The quantitative estimate of drug-likeness (QED) is 0.636. The van der Waals surface area contributed by atoms with Gasteiger partial charge in [-0.2, -0.15) is 5.10 Å². The van der Waals surface area contributed by atoms with Gasteiger partial charge in [0.25, 0.3) is 5.91 Å². The van der Waals surface area contributed by atoms with Gasteiger partial charge in [-0.25, -0.2) is 5.43 Å².